The molecule has 242 valence electrons. The Bertz CT molecular complexity index is 1210. The minimum Gasteiger partial charge on any atom is -0.493 e. The van der Waals surface area contributed by atoms with Crippen molar-refractivity contribution in [3.63, 3.8) is 0 Å². The molecule has 0 bridgehead atoms. The molecule has 0 aliphatic heterocycles. The summed E-state index contributed by atoms with van der Waals surface area (Å²) in [5, 5.41) is 2.51. The van der Waals surface area contributed by atoms with Gasteiger partial charge >= 0.3 is 11.9 Å². The SMILES string of the molecule is CCCCCCCCCCOc1cccc2c(OC(C)=O)c3c(OCCCCCCCCCC)cccc3c(OC(C)=O)c12. The second kappa shape index (κ2) is 19.9. The summed E-state index contributed by atoms with van der Waals surface area (Å²) in [6.45, 7) is 8.36. The zero-order chi connectivity index (χ0) is 31.6. The summed E-state index contributed by atoms with van der Waals surface area (Å²) in [6.07, 6.45) is 19.4. The van der Waals surface area contributed by atoms with E-state index < -0.39 is 11.9 Å². The second-order valence-electron chi connectivity index (χ2n) is 11.8. The van der Waals surface area contributed by atoms with Gasteiger partial charge < -0.3 is 18.9 Å². The van der Waals surface area contributed by atoms with Crippen molar-refractivity contribution >= 4 is 33.5 Å². The van der Waals surface area contributed by atoms with Crippen molar-refractivity contribution in [3.05, 3.63) is 36.4 Å². The van der Waals surface area contributed by atoms with Gasteiger partial charge in [0.25, 0.3) is 0 Å². The number of hydrogen-bond acceptors (Lipinski definition) is 6. The van der Waals surface area contributed by atoms with Crippen molar-refractivity contribution in [2.45, 2.75) is 130 Å². The number of fused-ring (bicyclic) bond motifs is 2. The lowest BCUT2D eigenvalue weighted by Gasteiger charge is -2.20. The van der Waals surface area contributed by atoms with Crippen molar-refractivity contribution in [3.8, 4) is 23.0 Å². The van der Waals surface area contributed by atoms with Gasteiger partial charge in [-0.15, -0.1) is 0 Å². The summed E-state index contributed by atoms with van der Waals surface area (Å²) in [6, 6.07) is 11.3. The van der Waals surface area contributed by atoms with Crippen molar-refractivity contribution in [2.24, 2.45) is 0 Å². The lowest BCUT2D eigenvalue weighted by atomic mass is 9.99. The lowest BCUT2D eigenvalue weighted by Crippen LogP contribution is -2.08. The minimum atomic E-state index is -0.434. The quantitative estimate of drug-likeness (QED) is 0.0490. The number of benzene rings is 3. The topological polar surface area (TPSA) is 71.1 Å². The van der Waals surface area contributed by atoms with E-state index in [1.165, 1.54) is 90.9 Å². The molecule has 0 atom stereocenters. The molecular formula is C38H54O6. The van der Waals surface area contributed by atoms with E-state index in [1.807, 2.05) is 36.4 Å². The van der Waals surface area contributed by atoms with Crippen LogP contribution in [0.3, 0.4) is 0 Å². The average Bonchev–Trinajstić information content (AvgIpc) is 3.00. The number of ether oxygens (including phenoxy) is 4. The molecule has 44 heavy (non-hydrogen) atoms. The zero-order valence-corrected chi connectivity index (χ0v) is 27.6. The fourth-order valence-corrected chi connectivity index (χ4v) is 5.75. The second-order valence-corrected chi connectivity index (χ2v) is 11.8. The van der Waals surface area contributed by atoms with E-state index in [-0.39, 0.29) is 0 Å². The molecule has 0 spiro atoms. The number of carbonyl (C=O) groups excluding carboxylic acids is 2. The van der Waals surface area contributed by atoms with Crippen molar-refractivity contribution in [2.75, 3.05) is 13.2 Å². The number of unbranched alkanes of at least 4 members (excludes halogenated alkanes) is 14. The van der Waals surface area contributed by atoms with Crippen LogP contribution in [0.25, 0.3) is 21.5 Å². The Morgan fingerprint density at radius 2 is 0.841 bits per heavy atom. The highest BCUT2D eigenvalue weighted by atomic mass is 16.5. The van der Waals surface area contributed by atoms with Gasteiger partial charge in [-0.2, -0.15) is 0 Å². The molecule has 0 saturated heterocycles. The molecule has 6 heteroatoms. The Kier molecular flexibility index (Phi) is 15.9. The first-order valence-corrected chi connectivity index (χ1v) is 17.1. The molecular weight excluding hydrogens is 552 g/mol. The fourth-order valence-electron chi connectivity index (χ4n) is 5.75. The molecule has 0 aromatic heterocycles. The number of rotatable bonds is 22. The summed E-state index contributed by atoms with van der Waals surface area (Å²) in [4.78, 5) is 24.7. The van der Waals surface area contributed by atoms with Gasteiger partial charge in [-0.1, -0.05) is 128 Å². The first-order valence-electron chi connectivity index (χ1n) is 17.1. The van der Waals surface area contributed by atoms with E-state index in [1.54, 1.807) is 0 Å². The van der Waals surface area contributed by atoms with Gasteiger partial charge in [0.05, 0.1) is 24.0 Å². The van der Waals surface area contributed by atoms with Gasteiger partial charge in [0.15, 0.2) is 11.5 Å². The fraction of sp³-hybridized carbons (Fsp3) is 0.579. The summed E-state index contributed by atoms with van der Waals surface area (Å²) in [7, 11) is 0. The van der Waals surface area contributed by atoms with Gasteiger partial charge in [0.2, 0.25) is 0 Å². The van der Waals surface area contributed by atoms with Crippen LogP contribution in [0.4, 0.5) is 0 Å². The summed E-state index contributed by atoms with van der Waals surface area (Å²) < 4.78 is 24.3. The Morgan fingerprint density at radius 1 is 0.500 bits per heavy atom. The molecule has 3 aromatic carbocycles. The van der Waals surface area contributed by atoms with E-state index in [4.69, 9.17) is 18.9 Å². The third-order valence-corrected chi connectivity index (χ3v) is 8.00. The zero-order valence-electron chi connectivity index (χ0n) is 27.6. The van der Waals surface area contributed by atoms with E-state index in [9.17, 15) is 9.59 Å². The Hall–Kier alpha value is -3.28. The third-order valence-electron chi connectivity index (χ3n) is 8.00. The summed E-state index contributed by atoms with van der Waals surface area (Å²) in [5.74, 6) is 1.11. The first kappa shape index (κ1) is 35.2. The lowest BCUT2D eigenvalue weighted by molar-refractivity contribution is -0.132. The van der Waals surface area contributed by atoms with Crippen LogP contribution in [0, 0.1) is 0 Å². The van der Waals surface area contributed by atoms with Crippen LogP contribution >= 0.6 is 0 Å². The van der Waals surface area contributed by atoms with Gasteiger partial charge in [0, 0.05) is 24.6 Å². The summed E-state index contributed by atoms with van der Waals surface area (Å²) in [5.41, 5.74) is 0. The molecule has 0 fully saturated rings. The molecule has 0 aliphatic carbocycles. The van der Waals surface area contributed by atoms with E-state index in [0.29, 0.717) is 57.8 Å². The maximum atomic E-state index is 12.4. The molecule has 0 unspecified atom stereocenters. The Balaban J connectivity index is 1.85. The first-order chi connectivity index (χ1) is 21.5. The van der Waals surface area contributed by atoms with Gasteiger partial charge in [-0.25, -0.2) is 0 Å². The molecule has 0 radical (unpaired) electrons. The molecule has 3 aromatic rings. The maximum absolute atomic E-state index is 12.4. The Labute approximate surface area is 264 Å². The van der Waals surface area contributed by atoms with E-state index >= 15 is 0 Å². The van der Waals surface area contributed by atoms with Crippen LogP contribution in [0.15, 0.2) is 36.4 Å². The highest BCUT2D eigenvalue weighted by molar-refractivity contribution is 6.16. The van der Waals surface area contributed by atoms with E-state index in [0.717, 1.165) is 25.7 Å². The molecule has 3 rings (SSSR count). The molecule has 0 saturated carbocycles. The minimum absolute atomic E-state index is 0.391. The Morgan fingerprint density at radius 3 is 1.18 bits per heavy atom. The van der Waals surface area contributed by atoms with Gasteiger partial charge in [-0.05, 0) is 25.0 Å². The van der Waals surface area contributed by atoms with Crippen LogP contribution in [-0.4, -0.2) is 25.2 Å². The van der Waals surface area contributed by atoms with Crippen LogP contribution < -0.4 is 18.9 Å². The van der Waals surface area contributed by atoms with Crippen molar-refractivity contribution in [1.82, 2.24) is 0 Å². The molecule has 6 nitrogen and oxygen atoms in total. The van der Waals surface area contributed by atoms with Crippen LogP contribution in [0.2, 0.25) is 0 Å². The molecule has 0 amide bonds. The third kappa shape index (κ3) is 11.0. The average molecular weight is 607 g/mol. The normalized spacial score (nSPS) is 11.2. The number of carbonyl (C=O) groups is 2. The van der Waals surface area contributed by atoms with E-state index in [2.05, 4.69) is 13.8 Å². The smallest absolute Gasteiger partial charge is 0.308 e. The van der Waals surface area contributed by atoms with Gasteiger partial charge in [0.1, 0.15) is 11.5 Å². The summed E-state index contributed by atoms with van der Waals surface area (Å²) >= 11 is 0. The highest BCUT2D eigenvalue weighted by Gasteiger charge is 2.24. The van der Waals surface area contributed by atoms with Crippen molar-refractivity contribution in [1.29, 1.82) is 0 Å². The maximum Gasteiger partial charge on any atom is 0.308 e. The number of esters is 2. The molecule has 0 N–H and O–H groups in total. The van der Waals surface area contributed by atoms with Gasteiger partial charge in [-0.3, -0.25) is 9.59 Å². The standard InChI is InChI=1S/C38H54O6/c1-5-7-9-11-13-15-17-19-27-41-33-25-21-23-31-35(33)37(43-29(3)39)32-24-22-26-34(36(32)38(31)44-30(4)40)42-28-20-18-16-14-12-10-8-6-2/h21-26H,5-20,27-28H2,1-4H3. The predicted molar refractivity (Wildman–Crippen MR) is 180 cm³/mol. The van der Waals surface area contributed by atoms with Crippen LogP contribution in [0.1, 0.15) is 130 Å². The molecule has 0 aliphatic rings. The highest BCUT2D eigenvalue weighted by Crippen LogP contribution is 2.49. The van der Waals surface area contributed by atoms with Crippen molar-refractivity contribution < 1.29 is 28.5 Å². The number of hydrogen-bond donors (Lipinski definition) is 0. The van der Waals surface area contributed by atoms with Crippen LogP contribution in [-0.2, 0) is 9.59 Å². The largest absolute Gasteiger partial charge is 0.493 e. The predicted octanol–water partition coefficient (Wildman–Crippen LogP) is 10.9. The monoisotopic (exact) mass is 606 g/mol. The molecule has 0 heterocycles. The van der Waals surface area contributed by atoms with Crippen LogP contribution in [0.5, 0.6) is 23.0 Å².